The summed E-state index contributed by atoms with van der Waals surface area (Å²) in [6.45, 7) is 4.56. The molecule has 0 saturated carbocycles. The molecule has 5 heteroatoms. The Morgan fingerprint density at radius 2 is 2.45 bits per heavy atom. The second-order valence-corrected chi connectivity index (χ2v) is 3.15. The van der Waals surface area contributed by atoms with E-state index in [1.54, 1.807) is 6.92 Å². The molecule has 0 spiro atoms. The first-order chi connectivity index (χ1) is 5.08. The van der Waals surface area contributed by atoms with Gasteiger partial charge in [0.25, 0.3) is 0 Å². The topological polar surface area (TPSA) is 35.5 Å². The van der Waals surface area contributed by atoms with Crippen LogP contribution >= 0.6 is 12.8 Å². The number of amides is 1. The number of carbonyl (C=O) groups is 1. The number of hydrogen-bond donors (Lipinski definition) is 1. The Balaban J connectivity index is 2.41. The van der Waals surface area contributed by atoms with Crippen molar-refractivity contribution in [1.82, 2.24) is 0 Å². The summed E-state index contributed by atoms with van der Waals surface area (Å²) in [4.78, 5) is 16.1. The fraction of sp³-hybridized carbons (Fsp3) is 0.833. The van der Waals surface area contributed by atoms with Crippen molar-refractivity contribution in [1.29, 1.82) is 0 Å². The first kappa shape index (κ1) is 8.83. The number of hydrogen-bond acceptors (Lipinski definition) is 4. The van der Waals surface area contributed by atoms with Crippen molar-refractivity contribution in [2.75, 3.05) is 13.2 Å². The number of thiol groups is 1. The third kappa shape index (κ3) is 1.66. The molecule has 64 valence electrons. The lowest BCUT2D eigenvalue weighted by Gasteiger charge is -2.36. The molecule has 0 aromatic rings. The van der Waals surface area contributed by atoms with Gasteiger partial charge in [-0.05, 0) is 17.9 Å². The summed E-state index contributed by atoms with van der Waals surface area (Å²) < 4.78 is 4.39. The van der Waals surface area contributed by atoms with Crippen molar-refractivity contribution in [2.24, 2.45) is 0 Å². The van der Waals surface area contributed by atoms with Crippen LogP contribution < -0.4 is 0 Å². The Kier molecular flexibility index (Phi) is 2.41. The zero-order valence-electron chi connectivity index (χ0n) is 6.61. The largest absolute Gasteiger partial charge is 0.562 e. The van der Waals surface area contributed by atoms with E-state index in [0.29, 0.717) is 13.2 Å². The third-order valence-electron chi connectivity index (χ3n) is 1.41. The van der Waals surface area contributed by atoms with E-state index in [0.717, 1.165) is 0 Å². The molecule has 1 saturated heterocycles. The van der Waals surface area contributed by atoms with Crippen molar-refractivity contribution >= 4 is 18.9 Å². The number of carbonyl (C=O) groups excluding carboxylic acids is 1. The molecule has 0 aromatic carbocycles. The van der Waals surface area contributed by atoms with E-state index in [9.17, 15) is 4.79 Å². The highest BCUT2D eigenvalue weighted by Gasteiger charge is 2.51. The number of ether oxygens (including phenoxy) is 1. The van der Waals surface area contributed by atoms with Crippen LogP contribution in [0.25, 0.3) is 0 Å². The maximum atomic E-state index is 11.0. The van der Waals surface area contributed by atoms with Crippen LogP contribution in [0.1, 0.15) is 13.8 Å². The first-order valence-corrected chi connectivity index (χ1v) is 3.95. The molecule has 0 bridgehead atoms. The number of hydroxylamine groups is 2. The smallest absolute Gasteiger partial charge is 0.417 e. The second kappa shape index (κ2) is 3.00. The fourth-order valence-electron chi connectivity index (χ4n) is 0.979. The second-order valence-electron chi connectivity index (χ2n) is 2.50. The van der Waals surface area contributed by atoms with Crippen molar-refractivity contribution in [2.45, 2.75) is 20.0 Å². The molecule has 0 radical (unpaired) electrons. The van der Waals surface area contributed by atoms with Crippen LogP contribution in [0.3, 0.4) is 0 Å². The van der Waals surface area contributed by atoms with Crippen molar-refractivity contribution < 1.29 is 18.4 Å². The van der Waals surface area contributed by atoms with Crippen molar-refractivity contribution in [3.63, 3.8) is 0 Å². The van der Waals surface area contributed by atoms with Crippen LogP contribution in [0.5, 0.6) is 0 Å². The Morgan fingerprint density at radius 3 is 2.82 bits per heavy atom. The summed E-state index contributed by atoms with van der Waals surface area (Å²) in [5, 5.41) is 0. The van der Waals surface area contributed by atoms with Gasteiger partial charge in [-0.3, -0.25) is 0 Å². The van der Waals surface area contributed by atoms with E-state index in [2.05, 4.69) is 12.8 Å². The van der Waals surface area contributed by atoms with Crippen LogP contribution in [-0.4, -0.2) is 29.4 Å². The van der Waals surface area contributed by atoms with Crippen molar-refractivity contribution in [3.05, 3.63) is 0 Å². The molecule has 1 amide bonds. The van der Waals surface area contributed by atoms with Gasteiger partial charge in [-0.25, -0.2) is 0 Å². The highest BCUT2D eigenvalue weighted by molar-refractivity contribution is 7.74. The molecule has 1 aliphatic heterocycles. The van der Waals surface area contributed by atoms with Gasteiger partial charge in [0, 0.05) is 0 Å². The molecular weight excluding hydrogens is 166 g/mol. The monoisotopic (exact) mass is 178 g/mol. The zero-order chi connectivity index (χ0) is 8.48. The quantitative estimate of drug-likeness (QED) is 0.483. The molecule has 4 nitrogen and oxygen atoms in total. The molecule has 11 heavy (non-hydrogen) atoms. The van der Waals surface area contributed by atoms with Crippen molar-refractivity contribution in [3.8, 4) is 0 Å². The molecule has 2 unspecified atom stereocenters. The Hall–Kier alpha value is -0.260. The molecule has 1 fully saturated rings. The molecule has 1 heterocycles. The normalized spacial score (nSPS) is 36.1. The third-order valence-corrected chi connectivity index (χ3v) is 1.83. The van der Waals surface area contributed by atoms with E-state index in [1.165, 1.54) is 0 Å². The molecule has 2 atom stereocenters. The number of nitrogens with zero attached hydrogens (tertiary/aromatic N) is 1. The summed E-state index contributed by atoms with van der Waals surface area (Å²) in [6, 6.07) is 0. The number of quaternary nitrogens is 1. The predicted molar refractivity (Wildman–Crippen MR) is 41.7 cm³/mol. The lowest BCUT2D eigenvalue weighted by Crippen LogP contribution is -2.60. The molecular formula is C6H12NO3S+. The summed E-state index contributed by atoms with van der Waals surface area (Å²) in [7, 11) is 0. The Morgan fingerprint density at radius 1 is 1.91 bits per heavy atom. The van der Waals surface area contributed by atoms with E-state index in [4.69, 9.17) is 9.57 Å². The van der Waals surface area contributed by atoms with Gasteiger partial charge in [0.05, 0.1) is 6.61 Å². The van der Waals surface area contributed by atoms with E-state index in [-0.39, 0.29) is 10.2 Å². The average Bonchev–Trinajstić information content (AvgIpc) is 1.85. The standard InChI is InChI=1S/C6H12NO3S/c1-3-9-6(8)7(11)4-5(2)10-7/h5,11H,3-4H2,1-2H3/q+1. The summed E-state index contributed by atoms with van der Waals surface area (Å²) in [5.74, 6) is 0. The minimum Gasteiger partial charge on any atom is -0.417 e. The van der Waals surface area contributed by atoms with E-state index >= 15 is 0 Å². The summed E-state index contributed by atoms with van der Waals surface area (Å²) in [5.41, 5.74) is 0. The van der Waals surface area contributed by atoms with Gasteiger partial charge in [-0.15, -0.1) is 0 Å². The first-order valence-electron chi connectivity index (χ1n) is 3.55. The fourth-order valence-corrected chi connectivity index (χ4v) is 1.43. The van der Waals surface area contributed by atoms with Gasteiger partial charge in [0.1, 0.15) is 12.8 Å². The van der Waals surface area contributed by atoms with E-state index in [1.807, 2.05) is 6.92 Å². The molecule has 0 aliphatic carbocycles. The Bertz CT molecular complexity index is 167. The highest BCUT2D eigenvalue weighted by Crippen LogP contribution is 2.28. The summed E-state index contributed by atoms with van der Waals surface area (Å²) in [6.07, 6.45) is -0.342. The van der Waals surface area contributed by atoms with Crippen LogP contribution in [0.2, 0.25) is 0 Å². The average molecular weight is 178 g/mol. The lowest BCUT2D eigenvalue weighted by atomic mass is 10.3. The highest BCUT2D eigenvalue weighted by atomic mass is 32.1. The maximum Gasteiger partial charge on any atom is 0.562 e. The van der Waals surface area contributed by atoms with Crippen LogP contribution in [0.15, 0.2) is 0 Å². The molecule has 1 rings (SSSR count). The number of rotatable bonds is 1. The minimum atomic E-state index is -0.436. The van der Waals surface area contributed by atoms with Gasteiger partial charge in [-0.2, -0.15) is 9.63 Å². The molecule has 1 aliphatic rings. The molecule has 0 N–H and O–H groups in total. The van der Waals surface area contributed by atoms with Gasteiger partial charge in [0.15, 0.2) is 12.6 Å². The van der Waals surface area contributed by atoms with E-state index < -0.39 is 6.09 Å². The zero-order valence-corrected chi connectivity index (χ0v) is 7.51. The van der Waals surface area contributed by atoms with Crippen LogP contribution in [0.4, 0.5) is 4.79 Å². The SMILES string of the molecule is CCOC(=O)[N+]1(S)CC(C)O1. The van der Waals surface area contributed by atoms with Gasteiger partial charge in [0.2, 0.25) is 0 Å². The van der Waals surface area contributed by atoms with Crippen LogP contribution in [-0.2, 0) is 9.57 Å². The lowest BCUT2D eigenvalue weighted by molar-refractivity contribution is -1.00. The maximum absolute atomic E-state index is 11.0. The minimum absolute atomic E-state index is 0.0944. The van der Waals surface area contributed by atoms with Gasteiger partial charge < -0.3 is 4.74 Å². The van der Waals surface area contributed by atoms with Crippen LogP contribution in [0, 0.1) is 0 Å². The van der Waals surface area contributed by atoms with Gasteiger partial charge in [-0.1, -0.05) is 0 Å². The predicted octanol–water partition coefficient (Wildman–Crippen LogP) is 1.14. The molecule has 0 aromatic heterocycles. The summed E-state index contributed by atoms with van der Waals surface area (Å²) >= 11 is 4.00. The van der Waals surface area contributed by atoms with Gasteiger partial charge >= 0.3 is 6.09 Å². The Labute approximate surface area is 71.2 Å².